The second kappa shape index (κ2) is 4.52. The summed E-state index contributed by atoms with van der Waals surface area (Å²) in [6, 6.07) is 6.73. The van der Waals surface area contributed by atoms with Crippen molar-refractivity contribution >= 4 is 11.6 Å². The minimum atomic E-state index is -0.244. The fourth-order valence-electron chi connectivity index (χ4n) is 1.77. The van der Waals surface area contributed by atoms with Gasteiger partial charge >= 0.3 is 0 Å². The first-order valence-electron chi connectivity index (χ1n) is 5.59. The van der Waals surface area contributed by atoms with Gasteiger partial charge in [0.25, 0.3) is 5.91 Å². The number of rotatable bonds is 2. The summed E-state index contributed by atoms with van der Waals surface area (Å²) in [5.74, 6) is -0.0826. The molecule has 0 fully saturated rings. The highest BCUT2D eigenvalue weighted by Crippen LogP contribution is 2.24. The Morgan fingerprint density at radius 3 is 2.72 bits per heavy atom. The molecule has 0 spiro atoms. The van der Waals surface area contributed by atoms with E-state index < -0.39 is 0 Å². The van der Waals surface area contributed by atoms with Crippen LogP contribution in [-0.4, -0.2) is 20.8 Å². The smallest absolute Gasteiger partial charge is 0.273 e. The van der Waals surface area contributed by atoms with Crippen LogP contribution in [0.25, 0.3) is 0 Å². The van der Waals surface area contributed by atoms with Crippen molar-refractivity contribution in [3.05, 3.63) is 41.2 Å². The molecule has 0 radical (unpaired) electrons. The van der Waals surface area contributed by atoms with Crippen LogP contribution >= 0.6 is 0 Å². The van der Waals surface area contributed by atoms with Crippen molar-refractivity contribution in [3.8, 4) is 5.75 Å². The van der Waals surface area contributed by atoms with E-state index in [1.165, 1.54) is 4.68 Å². The van der Waals surface area contributed by atoms with E-state index in [0.29, 0.717) is 16.9 Å². The highest BCUT2D eigenvalue weighted by molar-refractivity contribution is 6.03. The number of carbonyl (C=O) groups excluding carboxylic acids is 1. The molecule has 5 heteroatoms. The quantitative estimate of drug-likeness (QED) is 0.850. The Kier molecular flexibility index (Phi) is 3.06. The minimum Gasteiger partial charge on any atom is -0.508 e. The molecular weight excluding hydrogens is 230 g/mol. The van der Waals surface area contributed by atoms with Crippen molar-refractivity contribution in [1.82, 2.24) is 9.78 Å². The lowest BCUT2D eigenvalue weighted by molar-refractivity contribution is 0.101. The molecule has 0 saturated heterocycles. The molecule has 1 aromatic heterocycles. The normalized spacial score (nSPS) is 10.4. The number of carbonyl (C=O) groups is 1. The Balaban J connectivity index is 2.27. The number of phenolic OH excluding ortho intramolecular Hbond substituents is 1. The highest BCUT2D eigenvalue weighted by atomic mass is 16.3. The molecule has 94 valence electrons. The Morgan fingerprint density at radius 1 is 1.39 bits per heavy atom. The van der Waals surface area contributed by atoms with Gasteiger partial charge in [0.2, 0.25) is 0 Å². The van der Waals surface area contributed by atoms with Gasteiger partial charge in [0, 0.05) is 18.3 Å². The van der Waals surface area contributed by atoms with E-state index in [4.69, 9.17) is 0 Å². The van der Waals surface area contributed by atoms with Crippen molar-refractivity contribution in [2.45, 2.75) is 13.8 Å². The molecule has 2 rings (SSSR count). The van der Waals surface area contributed by atoms with Crippen LogP contribution in [0.1, 0.15) is 21.7 Å². The maximum atomic E-state index is 12.1. The summed E-state index contributed by atoms with van der Waals surface area (Å²) in [5.41, 5.74) is 2.51. The standard InChI is InChI=1S/C13H15N3O2/c1-8-7-11(16(3)15-8)13(18)14-10-5-4-6-12(17)9(10)2/h4-7,17H,1-3H3,(H,14,18). The van der Waals surface area contributed by atoms with Crippen LogP contribution in [0.2, 0.25) is 0 Å². The van der Waals surface area contributed by atoms with E-state index in [0.717, 1.165) is 5.69 Å². The van der Waals surface area contributed by atoms with E-state index in [9.17, 15) is 9.90 Å². The van der Waals surface area contributed by atoms with Crippen molar-refractivity contribution in [2.75, 3.05) is 5.32 Å². The molecule has 1 amide bonds. The molecule has 0 unspecified atom stereocenters. The Bertz CT molecular complexity index is 602. The Morgan fingerprint density at radius 2 is 2.11 bits per heavy atom. The van der Waals surface area contributed by atoms with Gasteiger partial charge in [-0.1, -0.05) is 6.07 Å². The van der Waals surface area contributed by atoms with Gasteiger partial charge in [-0.3, -0.25) is 9.48 Å². The number of hydrogen-bond acceptors (Lipinski definition) is 3. The lowest BCUT2D eigenvalue weighted by Crippen LogP contribution is -2.16. The number of aryl methyl sites for hydroxylation is 2. The predicted molar refractivity (Wildman–Crippen MR) is 68.7 cm³/mol. The van der Waals surface area contributed by atoms with E-state index in [1.54, 1.807) is 38.2 Å². The van der Waals surface area contributed by atoms with Gasteiger partial charge in [-0.2, -0.15) is 5.10 Å². The van der Waals surface area contributed by atoms with E-state index >= 15 is 0 Å². The van der Waals surface area contributed by atoms with Crippen molar-refractivity contribution < 1.29 is 9.90 Å². The van der Waals surface area contributed by atoms with Gasteiger partial charge in [0.05, 0.1) is 5.69 Å². The number of nitrogens with zero attached hydrogens (tertiary/aromatic N) is 2. The molecule has 0 atom stereocenters. The number of amides is 1. The zero-order chi connectivity index (χ0) is 13.3. The SMILES string of the molecule is Cc1cc(C(=O)Nc2cccc(O)c2C)n(C)n1. The Labute approximate surface area is 105 Å². The molecule has 0 bridgehead atoms. The molecule has 0 aliphatic rings. The van der Waals surface area contributed by atoms with Crippen LogP contribution in [-0.2, 0) is 7.05 Å². The molecule has 0 aliphatic carbocycles. The first-order valence-corrected chi connectivity index (χ1v) is 5.59. The molecule has 1 heterocycles. The van der Waals surface area contributed by atoms with Crippen LogP contribution < -0.4 is 5.32 Å². The predicted octanol–water partition coefficient (Wildman–Crippen LogP) is 1.99. The first-order chi connectivity index (χ1) is 8.49. The first kappa shape index (κ1) is 12.2. The fraction of sp³-hybridized carbons (Fsp3) is 0.231. The third-order valence-corrected chi connectivity index (χ3v) is 2.79. The molecular formula is C13H15N3O2. The molecule has 2 aromatic rings. The number of aromatic nitrogens is 2. The Hall–Kier alpha value is -2.30. The van der Waals surface area contributed by atoms with Gasteiger partial charge in [-0.15, -0.1) is 0 Å². The summed E-state index contributed by atoms with van der Waals surface area (Å²) in [6.07, 6.45) is 0. The third-order valence-electron chi connectivity index (χ3n) is 2.79. The van der Waals surface area contributed by atoms with Crippen LogP contribution in [0, 0.1) is 13.8 Å². The van der Waals surface area contributed by atoms with Crippen LogP contribution in [0.4, 0.5) is 5.69 Å². The lowest BCUT2D eigenvalue weighted by atomic mass is 10.2. The second-order valence-corrected chi connectivity index (χ2v) is 4.20. The lowest BCUT2D eigenvalue weighted by Gasteiger charge is -2.09. The molecule has 1 aromatic carbocycles. The summed E-state index contributed by atoms with van der Waals surface area (Å²) < 4.78 is 1.53. The molecule has 5 nitrogen and oxygen atoms in total. The number of phenols is 1. The zero-order valence-corrected chi connectivity index (χ0v) is 10.6. The monoisotopic (exact) mass is 245 g/mol. The van der Waals surface area contributed by atoms with Gasteiger partial charge in [0.15, 0.2) is 0 Å². The molecule has 2 N–H and O–H groups in total. The topological polar surface area (TPSA) is 67.2 Å². The van der Waals surface area contributed by atoms with Gasteiger partial charge in [-0.05, 0) is 32.0 Å². The summed E-state index contributed by atoms with van der Waals surface area (Å²) in [4.78, 5) is 12.1. The number of benzene rings is 1. The van der Waals surface area contributed by atoms with Crippen molar-refractivity contribution in [1.29, 1.82) is 0 Å². The van der Waals surface area contributed by atoms with E-state index in [-0.39, 0.29) is 11.7 Å². The van der Waals surface area contributed by atoms with Gasteiger partial charge in [0.1, 0.15) is 11.4 Å². The van der Waals surface area contributed by atoms with Gasteiger partial charge in [-0.25, -0.2) is 0 Å². The highest BCUT2D eigenvalue weighted by Gasteiger charge is 2.13. The number of anilines is 1. The number of hydrogen-bond donors (Lipinski definition) is 2. The third kappa shape index (κ3) is 2.20. The van der Waals surface area contributed by atoms with E-state index in [2.05, 4.69) is 10.4 Å². The van der Waals surface area contributed by atoms with E-state index in [1.807, 2.05) is 6.92 Å². The molecule has 0 aliphatic heterocycles. The number of nitrogens with one attached hydrogen (secondary N) is 1. The largest absolute Gasteiger partial charge is 0.508 e. The molecule has 0 saturated carbocycles. The number of aromatic hydroxyl groups is 1. The van der Waals surface area contributed by atoms with Crippen LogP contribution in [0.3, 0.4) is 0 Å². The average Bonchev–Trinajstić information content (AvgIpc) is 2.64. The molecule has 18 heavy (non-hydrogen) atoms. The summed E-state index contributed by atoms with van der Waals surface area (Å²) >= 11 is 0. The maximum absolute atomic E-state index is 12.1. The van der Waals surface area contributed by atoms with Gasteiger partial charge < -0.3 is 10.4 Å². The second-order valence-electron chi connectivity index (χ2n) is 4.20. The van der Waals surface area contributed by atoms with Crippen LogP contribution in [0.5, 0.6) is 5.75 Å². The summed E-state index contributed by atoms with van der Waals surface area (Å²) in [5, 5.41) is 16.5. The minimum absolute atomic E-state index is 0.161. The van der Waals surface area contributed by atoms with Crippen molar-refractivity contribution in [2.24, 2.45) is 7.05 Å². The fourth-order valence-corrected chi connectivity index (χ4v) is 1.77. The maximum Gasteiger partial charge on any atom is 0.273 e. The average molecular weight is 245 g/mol. The zero-order valence-electron chi connectivity index (χ0n) is 10.6. The van der Waals surface area contributed by atoms with Crippen molar-refractivity contribution in [3.63, 3.8) is 0 Å². The van der Waals surface area contributed by atoms with Crippen LogP contribution in [0.15, 0.2) is 24.3 Å². The summed E-state index contributed by atoms with van der Waals surface area (Å²) in [7, 11) is 1.72. The summed E-state index contributed by atoms with van der Waals surface area (Å²) in [6.45, 7) is 3.58.